The van der Waals surface area contributed by atoms with Crippen molar-refractivity contribution in [3.05, 3.63) is 23.5 Å². The van der Waals surface area contributed by atoms with Crippen LogP contribution >= 0.6 is 0 Å². The van der Waals surface area contributed by atoms with Crippen LogP contribution in [0.4, 0.5) is 0 Å². The topological polar surface area (TPSA) is 76.7 Å². The zero-order valence-corrected chi connectivity index (χ0v) is 12.5. The molecule has 0 bridgehead atoms. The van der Waals surface area contributed by atoms with E-state index in [9.17, 15) is 9.90 Å². The van der Waals surface area contributed by atoms with Crippen LogP contribution in [0.25, 0.3) is 5.65 Å². The molecule has 0 spiro atoms. The summed E-state index contributed by atoms with van der Waals surface area (Å²) in [5.41, 5.74) is 1.61. The molecule has 1 N–H and O–H groups in total. The molecule has 2 aliphatic rings. The van der Waals surface area contributed by atoms with Gasteiger partial charge in [0.1, 0.15) is 0 Å². The molecule has 2 aliphatic carbocycles. The Kier molecular flexibility index (Phi) is 3.06. The van der Waals surface area contributed by atoms with Gasteiger partial charge < -0.3 is 9.84 Å². The highest BCUT2D eigenvalue weighted by Crippen LogP contribution is 2.60. The molecule has 2 atom stereocenters. The van der Waals surface area contributed by atoms with Gasteiger partial charge >= 0.3 is 5.97 Å². The maximum absolute atomic E-state index is 11.8. The van der Waals surface area contributed by atoms with Gasteiger partial charge in [-0.1, -0.05) is 12.8 Å². The van der Waals surface area contributed by atoms with Gasteiger partial charge in [-0.3, -0.25) is 0 Å². The average Bonchev–Trinajstić information content (AvgIpc) is 3.07. The summed E-state index contributed by atoms with van der Waals surface area (Å²) >= 11 is 0. The second-order valence-electron chi connectivity index (χ2n) is 6.20. The van der Waals surface area contributed by atoms with E-state index < -0.39 is 5.97 Å². The molecule has 2 aromatic rings. The lowest BCUT2D eigenvalue weighted by atomic mass is 10.0. The number of nitrogens with zero attached hydrogens (tertiary/aromatic N) is 3. The van der Waals surface area contributed by atoms with Crippen LogP contribution in [0.15, 0.2) is 12.1 Å². The largest absolute Gasteiger partial charge is 0.493 e. The summed E-state index contributed by atoms with van der Waals surface area (Å²) in [6.45, 7) is 2.04. The third-order valence-corrected chi connectivity index (χ3v) is 4.91. The summed E-state index contributed by atoms with van der Waals surface area (Å²) in [5, 5.41) is 14.3. The summed E-state index contributed by atoms with van der Waals surface area (Å²) in [6.07, 6.45) is 5.11. The summed E-state index contributed by atoms with van der Waals surface area (Å²) in [6, 6.07) is 3.27. The Bertz CT molecular complexity index is 728. The summed E-state index contributed by atoms with van der Waals surface area (Å²) in [5.74, 6) is 1.43. The molecule has 22 heavy (non-hydrogen) atoms. The second kappa shape index (κ2) is 4.97. The molecule has 0 amide bonds. The Morgan fingerprint density at radius 3 is 2.77 bits per heavy atom. The fraction of sp³-hybridized carbons (Fsp3) is 0.562. The van der Waals surface area contributed by atoms with Crippen molar-refractivity contribution in [1.29, 1.82) is 0 Å². The maximum atomic E-state index is 11.8. The van der Waals surface area contributed by atoms with Crippen LogP contribution in [0.3, 0.4) is 0 Å². The van der Waals surface area contributed by atoms with Crippen molar-refractivity contribution in [2.75, 3.05) is 6.61 Å². The Morgan fingerprint density at radius 1 is 1.36 bits per heavy atom. The van der Waals surface area contributed by atoms with Crippen LogP contribution in [-0.2, 0) is 4.74 Å². The first-order valence-electron chi connectivity index (χ1n) is 7.96. The quantitative estimate of drug-likeness (QED) is 0.881. The number of aromatic nitrogens is 3. The number of aromatic hydroxyl groups is 1. The summed E-state index contributed by atoms with van der Waals surface area (Å²) in [7, 11) is 0. The smallest absolute Gasteiger partial charge is 0.358 e. The van der Waals surface area contributed by atoms with Gasteiger partial charge in [0.05, 0.1) is 12.3 Å². The van der Waals surface area contributed by atoms with E-state index in [4.69, 9.17) is 4.74 Å². The lowest BCUT2D eigenvalue weighted by molar-refractivity contribution is 0.0519. The molecule has 2 saturated carbocycles. The van der Waals surface area contributed by atoms with E-state index >= 15 is 0 Å². The van der Waals surface area contributed by atoms with E-state index in [-0.39, 0.29) is 11.6 Å². The molecule has 0 radical (unpaired) electrons. The minimum absolute atomic E-state index is 0.0270. The number of rotatable bonds is 3. The van der Waals surface area contributed by atoms with E-state index in [0.29, 0.717) is 18.2 Å². The molecule has 0 saturated heterocycles. The Morgan fingerprint density at radius 2 is 2.09 bits per heavy atom. The Balaban J connectivity index is 1.69. The summed E-state index contributed by atoms with van der Waals surface area (Å²) < 4.78 is 6.23. The van der Waals surface area contributed by atoms with Gasteiger partial charge in [-0.05, 0) is 31.6 Å². The van der Waals surface area contributed by atoms with E-state index in [1.807, 2.05) is 0 Å². The minimum Gasteiger partial charge on any atom is -0.493 e. The van der Waals surface area contributed by atoms with Crippen molar-refractivity contribution < 1.29 is 14.6 Å². The van der Waals surface area contributed by atoms with E-state index in [0.717, 1.165) is 17.5 Å². The van der Waals surface area contributed by atoms with Gasteiger partial charge in [-0.15, -0.1) is 0 Å². The van der Waals surface area contributed by atoms with Crippen molar-refractivity contribution in [2.45, 2.75) is 38.5 Å². The monoisotopic (exact) mass is 301 g/mol. The molecule has 4 rings (SSSR count). The van der Waals surface area contributed by atoms with Crippen molar-refractivity contribution in [1.82, 2.24) is 14.6 Å². The molecule has 6 nitrogen and oxygen atoms in total. The molecular formula is C16H19N3O3. The van der Waals surface area contributed by atoms with Gasteiger partial charge in [0.2, 0.25) is 5.88 Å². The predicted molar refractivity (Wildman–Crippen MR) is 78.8 cm³/mol. The standard InChI is InChI=1S/C16H19N3O3/c1-2-22-16(21)12-7-13-17-11(8-14(20)19(13)18-12)15-9-5-3-4-6-10(9)15/h7-10,15,20H,2-6H2,1H3. The van der Waals surface area contributed by atoms with Crippen LogP contribution in [0.1, 0.15) is 54.7 Å². The second-order valence-corrected chi connectivity index (χ2v) is 6.20. The molecule has 116 valence electrons. The van der Waals surface area contributed by atoms with Crippen LogP contribution < -0.4 is 0 Å². The predicted octanol–water partition coefficient (Wildman–Crippen LogP) is 2.52. The number of ether oxygens (including phenoxy) is 1. The third kappa shape index (κ3) is 2.05. The molecule has 0 aromatic carbocycles. The molecule has 0 aliphatic heterocycles. The fourth-order valence-electron chi connectivity index (χ4n) is 3.88. The minimum atomic E-state index is -0.492. The molecule has 2 aromatic heterocycles. The summed E-state index contributed by atoms with van der Waals surface area (Å²) in [4.78, 5) is 16.4. The van der Waals surface area contributed by atoms with Crippen molar-refractivity contribution in [3.8, 4) is 5.88 Å². The zero-order valence-electron chi connectivity index (χ0n) is 12.5. The fourth-order valence-corrected chi connectivity index (χ4v) is 3.88. The van der Waals surface area contributed by atoms with Crippen LogP contribution in [0, 0.1) is 11.8 Å². The van der Waals surface area contributed by atoms with Gasteiger partial charge in [0, 0.05) is 18.1 Å². The highest BCUT2D eigenvalue weighted by atomic mass is 16.5. The van der Waals surface area contributed by atoms with Gasteiger partial charge in [0.25, 0.3) is 0 Å². The molecule has 6 heteroatoms. The van der Waals surface area contributed by atoms with Gasteiger partial charge in [-0.2, -0.15) is 9.61 Å². The van der Waals surface area contributed by atoms with Crippen molar-refractivity contribution >= 4 is 11.6 Å². The van der Waals surface area contributed by atoms with Crippen LogP contribution in [0.2, 0.25) is 0 Å². The number of carbonyl (C=O) groups excluding carboxylic acids is 1. The first kappa shape index (κ1) is 13.5. The maximum Gasteiger partial charge on any atom is 0.358 e. The molecule has 2 unspecified atom stereocenters. The van der Waals surface area contributed by atoms with E-state index in [1.165, 1.54) is 30.2 Å². The van der Waals surface area contributed by atoms with Gasteiger partial charge in [0.15, 0.2) is 11.3 Å². The number of hydrogen-bond acceptors (Lipinski definition) is 5. The van der Waals surface area contributed by atoms with Crippen LogP contribution in [-0.4, -0.2) is 32.3 Å². The van der Waals surface area contributed by atoms with E-state index in [2.05, 4.69) is 10.1 Å². The number of fused-ring (bicyclic) bond motifs is 2. The SMILES string of the molecule is CCOC(=O)c1cc2nc(C3C4CCCCC43)cc(O)n2n1. The molecule has 2 heterocycles. The number of esters is 1. The lowest BCUT2D eigenvalue weighted by Gasteiger charge is -2.04. The highest BCUT2D eigenvalue weighted by Gasteiger charge is 2.52. The van der Waals surface area contributed by atoms with Crippen LogP contribution in [0.5, 0.6) is 5.88 Å². The molecule has 2 fully saturated rings. The van der Waals surface area contributed by atoms with Crippen molar-refractivity contribution in [2.24, 2.45) is 11.8 Å². The van der Waals surface area contributed by atoms with Crippen molar-refractivity contribution in [3.63, 3.8) is 0 Å². The third-order valence-electron chi connectivity index (χ3n) is 4.91. The Labute approximate surface area is 128 Å². The first-order valence-corrected chi connectivity index (χ1v) is 7.96. The average molecular weight is 301 g/mol. The Hall–Kier alpha value is -2.11. The normalized spacial score (nSPS) is 26.7. The first-order chi connectivity index (χ1) is 10.7. The zero-order chi connectivity index (χ0) is 15.3. The van der Waals surface area contributed by atoms with E-state index in [1.54, 1.807) is 19.1 Å². The number of hydrogen-bond donors (Lipinski definition) is 1. The highest BCUT2D eigenvalue weighted by molar-refractivity contribution is 5.88. The van der Waals surface area contributed by atoms with Gasteiger partial charge in [-0.25, -0.2) is 9.78 Å². The molecular weight excluding hydrogens is 282 g/mol. The number of carbonyl (C=O) groups is 1. The lowest BCUT2D eigenvalue weighted by Crippen LogP contribution is -2.05.